The van der Waals surface area contributed by atoms with Crippen LogP contribution in [0.15, 0.2) is 85.1 Å². The van der Waals surface area contributed by atoms with E-state index in [0.717, 1.165) is 29.7 Å². The van der Waals surface area contributed by atoms with E-state index in [1.54, 1.807) is 26.4 Å². The molecule has 0 N–H and O–H groups in total. The minimum absolute atomic E-state index is 0.0903. The zero-order chi connectivity index (χ0) is 24.3. The molecule has 0 radical (unpaired) electrons. The third kappa shape index (κ3) is 5.36. The van der Waals surface area contributed by atoms with Crippen molar-refractivity contribution < 1.29 is 18.0 Å². The van der Waals surface area contributed by atoms with Crippen molar-refractivity contribution in [2.24, 2.45) is 0 Å². The predicted octanol–water partition coefficient (Wildman–Crippen LogP) is 5.78. The molecule has 0 fully saturated rings. The molecule has 174 valence electrons. The van der Waals surface area contributed by atoms with Gasteiger partial charge in [0.05, 0.1) is 23.4 Å². The second kappa shape index (κ2) is 9.55. The Morgan fingerprint density at radius 3 is 2.24 bits per heavy atom. The second-order valence-electron chi connectivity index (χ2n) is 8.32. The summed E-state index contributed by atoms with van der Waals surface area (Å²) < 4.78 is 41.0. The van der Waals surface area contributed by atoms with Gasteiger partial charge in [-0.25, -0.2) is 4.68 Å². The van der Waals surface area contributed by atoms with Crippen LogP contribution in [0.3, 0.4) is 0 Å². The summed E-state index contributed by atoms with van der Waals surface area (Å²) in [7, 11) is 3.33. The van der Waals surface area contributed by atoms with Gasteiger partial charge in [0.25, 0.3) is 0 Å². The van der Waals surface area contributed by atoms with Crippen molar-refractivity contribution in [3.05, 3.63) is 107 Å². The van der Waals surface area contributed by atoms with E-state index in [2.05, 4.69) is 17.2 Å². The topological polar surface area (TPSA) is 38.1 Å². The van der Waals surface area contributed by atoms with Gasteiger partial charge in [-0.1, -0.05) is 60.7 Å². The quantitative estimate of drug-likeness (QED) is 0.364. The van der Waals surface area contributed by atoms with Crippen LogP contribution in [0.4, 0.5) is 13.2 Å². The van der Waals surface area contributed by atoms with Gasteiger partial charge in [0.2, 0.25) is 5.91 Å². The molecule has 1 amide bonds. The van der Waals surface area contributed by atoms with E-state index in [9.17, 15) is 18.0 Å². The predicted molar refractivity (Wildman–Crippen MR) is 126 cm³/mol. The second-order valence-corrected chi connectivity index (χ2v) is 8.32. The summed E-state index contributed by atoms with van der Waals surface area (Å²) in [6, 6.07) is 23.0. The van der Waals surface area contributed by atoms with Crippen molar-refractivity contribution in [3.8, 4) is 16.9 Å². The number of rotatable bonds is 6. The van der Waals surface area contributed by atoms with E-state index < -0.39 is 11.7 Å². The molecule has 4 rings (SSSR count). The zero-order valence-corrected chi connectivity index (χ0v) is 18.9. The van der Waals surface area contributed by atoms with Crippen LogP contribution in [-0.4, -0.2) is 34.7 Å². The molecule has 0 atom stereocenters. The van der Waals surface area contributed by atoms with Crippen molar-refractivity contribution in [2.45, 2.75) is 19.0 Å². The van der Waals surface area contributed by atoms with E-state index in [0.29, 0.717) is 11.3 Å². The van der Waals surface area contributed by atoms with Gasteiger partial charge in [-0.15, -0.1) is 0 Å². The zero-order valence-electron chi connectivity index (χ0n) is 18.9. The highest BCUT2D eigenvalue weighted by Gasteiger charge is 2.30. The maximum atomic E-state index is 13.2. The van der Waals surface area contributed by atoms with Gasteiger partial charge in [-0.3, -0.25) is 4.79 Å². The third-order valence-electron chi connectivity index (χ3n) is 5.55. The number of alkyl halides is 3. The number of hydrogen-bond donors (Lipinski definition) is 0. The lowest BCUT2D eigenvalue weighted by Gasteiger charge is -2.10. The first kappa shape index (κ1) is 23.3. The molecule has 4 nitrogen and oxygen atoms in total. The molecule has 1 aromatic heterocycles. The van der Waals surface area contributed by atoms with Crippen molar-refractivity contribution in [1.82, 2.24) is 14.7 Å². The Morgan fingerprint density at radius 1 is 0.912 bits per heavy atom. The number of carbonyl (C=O) groups excluding carboxylic acids is 1. The van der Waals surface area contributed by atoms with Crippen LogP contribution in [0.1, 0.15) is 22.3 Å². The van der Waals surface area contributed by atoms with Gasteiger partial charge in [0, 0.05) is 31.4 Å². The Hall–Kier alpha value is -3.87. The molecule has 0 unspecified atom stereocenters. The molecule has 1 heterocycles. The molecule has 0 saturated heterocycles. The lowest BCUT2D eigenvalue weighted by atomic mass is 10.0. The standard InChI is InChI=1S/C27H24F3N3O/c1-32(2)25(34)16-22-18-33(24-10-6-9-23(17-24)27(28,29)30)31-26(22)21-13-11-20(12-14-21)15-19-7-4-3-5-8-19/h3-14,17-18H,15-16H2,1-2H3. The molecule has 0 aliphatic carbocycles. The molecule has 34 heavy (non-hydrogen) atoms. The molecular weight excluding hydrogens is 439 g/mol. The lowest BCUT2D eigenvalue weighted by Crippen LogP contribution is -2.23. The smallest absolute Gasteiger partial charge is 0.349 e. The van der Waals surface area contributed by atoms with Crippen molar-refractivity contribution >= 4 is 5.91 Å². The normalized spacial score (nSPS) is 11.4. The Balaban J connectivity index is 1.69. The number of likely N-dealkylation sites (N-methyl/N-ethyl adjacent to an activating group) is 1. The van der Waals surface area contributed by atoms with Crippen LogP contribution >= 0.6 is 0 Å². The summed E-state index contributed by atoms with van der Waals surface area (Å²) >= 11 is 0. The largest absolute Gasteiger partial charge is 0.416 e. The van der Waals surface area contributed by atoms with E-state index in [1.807, 2.05) is 42.5 Å². The molecule has 3 aromatic carbocycles. The molecular formula is C27H24F3N3O. The van der Waals surface area contributed by atoms with Crippen LogP contribution in [0.2, 0.25) is 0 Å². The Labute approximate surface area is 196 Å². The van der Waals surface area contributed by atoms with Crippen LogP contribution in [-0.2, 0) is 23.8 Å². The number of halogens is 3. The van der Waals surface area contributed by atoms with Crippen LogP contribution in [0.5, 0.6) is 0 Å². The van der Waals surface area contributed by atoms with E-state index in [1.165, 1.54) is 21.2 Å². The number of carbonyl (C=O) groups is 1. The van der Waals surface area contributed by atoms with Crippen LogP contribution in [0, 0.1) is 0 Å². The fourth-order valence-corrected chi connectivity index (χ4v) is 3.67. The first-order valence-electron chi connectivity index (χ1n) is 10.8. The highest BCUT2D eigenvalue weighted by atomic mass is 19.4. The highest BCUT2D eigenvalue weighted by molar-refractivity contribution is 5.81. The number of amides is 1. The average molecular weight is 464 g/mol. The van der Waals surface area contributed by atoms with Crippen molar-refractivity contribution in [2.75, 3.05) is 14.1 Å². The van der Waals surface area contributed by atoms with Gasteiger partial charge >= 0.3 is 6.18 Å². The number of benzene rings is 3. The van der Waals surface area contributed by atoms with Crippen LogP contribution in [0.25, 0.3) is 16.9 Å². The van der Waals surface area contributed by atoms with E-state index >= 15 is 0 Å². The summed E-state index contributed by atoms with van der Waals surface area (Å²) in [5.41, 5.74) is 3.85. The molecule has 0 bridgehead atoms. The monoisotopic (exact) mass is 463 g/mol. The Morgan fingerprint density at radius 2 is 1.59 bits per heavy atom. The molecule has 0 spiro atoms. The minimum atomic E-state index is -4.45. The minimum Gasteiger partial charge on any atom is -0.349 e. The number of hydrogen-bond acceptors (Lipinski definition) is 2. The maximum Gasteiger partial charge on any atom is 0.416 e. The lowest BCUT2D eigenvalue weighted by molar-refractivity contribution is -0.137. The van der Waals surface area contributed by atoms with Crippen LogP contribution < -0.4 is 0 Å². The van der Waals surface area contributed by atoms with Gasteiger partial charge in [-0.05, 0) is 35.7 Å². The van der Waals surface area contributed by atoms with E-state index in [-0.39, 0.29) is 18.0 Å². The first-order valence-corrected chi connectivity index (χ1v) is 10.8. The Kier molecular flexibility index (Phi) is 6.54. The molecule has 7 heteroatoms. The maximum absolute atomic E-state index is 13.2. The highest BCUT2D eigenvalue weighted by Crippen LogP contribution is 2.31. The molecule has 0 aliphatic heterocycles. The number of nitrogens with zero attached hydrogens (tertiary/aromatic N) is 3. The summed E-state index contributed by atoms with van der Waals surface area (Å²) in [6.07, 6.45) is -1.95. The van der Waals surface area contributed by atoms with Gasteiger partial charge < -0.3 is 4.90 Å². The van der Waals surface area contributed by atoms with Gasteiger partial charge in [-0.2, -0.15) is 18.3 Å². The van der Waals surface area contributed by atoms with Crippen molar-refractivity contribution in [3.63, 3.8) is 0 Å². The summed E-state index contributed by atoms with van der Waals surface area (Å²) in [5.74, 6) is -0.120. The molecule has 0 aliphatic rings. The fraction of sp³-hybridized carbons (Fsp3) is 0.185. The van der Waals surface area contributed by atoms with Gasteiger partial charge in [0.1, 0.15) is 0 Å². The molecule has 0 saturated carbocycles. The SMILES string of the molecule is CN(C)C(=O)Cc1cn(-c2cccc(C(F)(F)F)c2)nc1-c1ccc(Cc2ccccc2)cc1. The number of aromatic nitrogens is 2. The fourth-order valence-electron chi connectivity index (χ4n) is 3.67. The summed E-state index contributed by atoms with van der Waals surface area (Å²) in [4.78, 5) is 13.9. The Bertz CT molecular complexity index is 1280. The van der Waals surface area contributed by atoms with Gasteiger partial charge in [0.15, 0.2) is 0 Å². The van der Waals surface area contributed by atoms with Crippen molar-refractivity contribution in [1.29, 1.82) is 0 Å². The first-order chi connectivity index (χ1) is 16.2. The summed E-state index contributed by atoms with van der Waals surface area (Å²) in [6.45, 7) is 0. The van der Waals surface area contributed by atoms with E-state index in [4.69, 9.17) is 0 Å². The molecule has 4 aromatic rings. The average Bonchev–Trinajstić information content (AvgIpc) is 3.23. The third-order valence-corrected chi connectivity index (χ3v) is 5.55. The summed E-state index contributed by atoms with van der Waals surface area (Å²) in [5, 5.41) is 4.58.